The zero-order chi connectivity index (χ0) is 15.4. The van der Waals surface area contributed by atoms with Gasteiger partial charge in [0, 0.05) is 0 Å². The zero-order valence-electron chi connectivity index (χ0n) is 12.0. The van der Waals surface area contributed by atoms with Gasteiger partial charge in [0.25, 0.3) is 10.0 Å². The first-order valence-electron chi connectivity index (χ1n) is 7.01. The maximum Gasteiger partial charge on any atom is 0.281 e. The third kappa shape index (κ3) is 1.91. The van der Waals surface area contributed by atoms with E-state index in [0.29, 0.717) is 23.7 Å². The molecular formula is C16H15NO4S. The summed E-state index contributed by atoms with van der Waals surface area (Å²) in [7, 11) is -3.74. The second-order valence-electron chi connectivity index (χ2n) is 5.66. The van der Waals surface area contributed by atoms with Gasteiger partial charge in [0.1, 0.15) is 11.4 Å². The molecule has 4 rings (SSSR count). The summed E-state index contributed by atoms with van der Waals surface area (Å²) in [5.41, 5.74) is -0.726. The van der Waals surface area contributed by atoms with E-state index in [2.05, 4.69) is 0 Å². The van der Waals surface area contributed by atoms with Gasteiger partial charge in [-0.1, -0.05) is 30.3 Å². The van der Waals surface area contributed by atoms with Gasteiger partial charge in [-0.2, -0.15) is 0 Å². The monoisotopic (exact) mass is 317 g/mol. The molecule has 0 spiro atoms. The minimum Gasteiger partial charge on any atom is -0.467 e. The molecular weight excluding hydrogens is 302 g/mol. The fourth-order valence-electron chi connectivity index (χ4n) is 2.67. The second kappa shape index (κ2) is 4.47. The minimum absolute atomic E-state index is 0.377. The highest BCUT2D eigenvalue weighted by Gasteiger charge is 2.59. The Kier molecular flexibility index (Phi) is 2.76. The Morgan fingerprint density at radius 1 is 1.09 bits per heavy atom. The molecule has 2 aromatic rings. The second-order valence-corrected chi connectivity index (χ2v) is 7.49. The highest BCUT2D eigenvalue weighted by molar-refractivity contribution is 7.93. The Morgan fingerprint density at radius 2 is 1.73 bits per heavy atom. The lowest BCUT2D eigenvalue weighted by Gasteiger charge is -2.36. The van der Waals surface area contributed by atoms with Crippen molar-refractivity contribution in [3.8, 4) is 5.75 Å². The Hall–Kier alpha value is -2.05. The van der Waals surface area contributed by atoms with Gasteiger partial charge in [-0.15, -0.1) is 0 Å². The molecule has 2 aromatic carbocycles. The molecule has 2 heterocycles. The molecule has 1 saturated heterocycles. The number of fused-ring (bicyclic) bond motifs is 1. The van der Waals surface area contributed by atoms with Gasteiger partial charge in [-0.25, -0.2) is 12.7 Å². The van der Waals surface area contributed by atoms with Crippen LogP contribution in [0.5, 0.6) is 5.75 Å². The topological polar surface area (TPSA) is 59.1 Å². The van der Waals surface area contributed by atoms with E-state index in [1.807, 2.05) is 24.3 Å². The summed E-state index contributed by atoms with van der Waals surface area (Å²) in [5.74, 6) is 0.544. The van der Waals surface area contributed by atoms with Crippen LogP contribution in [-0.4, -0.2) is 26.1 Å². The third-order valence-corrected chi connectivity index (χ3v) is 5.98. The predicted octanol–water partition coefficient (Wildman–Crippen LogP) is 2.66. The number of rotatable bonds is 2. The largest absolute Gasteiger partial charge is 0.467 e. The van der Waals surface area contributed by atoms with Crippen molar-refractivity contribution in [3.63, 3.8) is 0 Å². The van der Waals surface area contributed by atoms with Crippen molar-refractivity contribution in [1.82, 2.24) is 0 Å². The maximum atomic E-state index is 13.1. The van der Waals surface area contributed by atoms with Crippen LogP contribution < -0.4 is 9.04 Å². The molecule has 5 nitrogen and oxygen atoms in total. The van der Waals surface area contributed by atoms with E-state index < -0.39 is 21.1 Å². The summed E-state index contributed by atoms with van der Waals surface area (Å²) in [5, 5.41) is 0. The highest BCUT2D eigenvalue weighted by atomic mass is 32.2. The first-order valence-corrected chi connectivity index (χ1v) is 8.51. The molecule has 0 N–H and O–H groups in total. The van der Waals surface area contributed by atoms with Crippen LogP contribution >= 0.6 is 0 Å². The van der Waals surface area contributed by atoms with Gasteiger partial charge in [0.2, 0.25) is 5.44 Å². The smallest absolute Gasteiger partial charge is 0.281 e. The molecule has 2 atom stereocenters. The lowest BCUT2D eigenvalue weighted by atomic mass is 10.2. The van der Waals surface area contributed by atoms with E-state index in [1.165, 1.54) is 4.31 Å². The van der Waals surface area contributed by atoms with Gasteiger partial charge >= 0.3 is 0 Å². The van der Waals surface area contributed by atoms with Crippen molar-refractivity contribution in [3.05, 3.63) is 54.6 Å². The number of epoxide rings is 1. The standard InChI is InChI=1S/C16H15NO4S/c1-16(11-20-16)15-21-14-10-6-5-9-13(14)17(22(15,18)19)12-7-3-2-4-8-12/h2-10,15H,11H2,1H3. The van der Waals surface area contributed by atoms with Crippen molar-refractivity contribution >= 4 is 21.4 Å². The molecule has 2 unspecified atom stereocenters. The molecule has 2 aliphatic heterocycles. The Labute approximate surface area is 129 Å². The van der Waals surface area contributed by atoms with Gasteiger partial charge in [0.05, 0.1) is 18.0 Å². The summed E-state index contributed by atoms with van der Waals surface area (Å²) in [6.45, 7) is 2.13. The molecule has 22 heavy (non-hydrogen) atoms. The molecule has 0 bridgehead atoms. The molecule has 0 radical (unpaired) electrons. The van der Waals surface area contributed by atoms with Crippen LogP contribution in [0.25, 0.3) is 0 Å². The lowest BCUT2D eigenvalue weighted by Crippen LogP contribution is -2.50. The maximum absolute atomic E-state index is 13.1. The summed E-state index contributed by atoms with van der Waals surface area (Å²) in [4.78, 5) is 0. The molecule has 0 aliphatic carbocycles. The normalized spacial score (nSPS) is 28.6. The van der Waals surface area contributed by atoms with Crippen LogP contribution in [0.2, 0.25) is 0 Å². The molecule has 2 aliphatic rings. The summed E-state index contributed by atoms with van der Waals surface area (Å²) < 4.78 is 38.6. The zero-order valence-corrected chi connectivity index (χ0v) is 12.8. The van der Waals surface area contributed by atoms with Crippen molar-refractivity contribution in [2.75, 3.05) is 10.9 Å². The molecule has 0 amide bonds. The fraction of sp³-hybridized carbons (Fsp3) is 0.250. The summed E-state index contributed by atoms with van der Waals surface area (Å²) >= 11 is 0. The van der Waals surface area contributed by atoms with E-state index in [9.17, 15) is 8.42 Å². The van der Waals surface area contributed by atoms with Crippen molar-refractivity contribution in [2.24, 2.45) is 0 Å². The van der Waals surface area contributed by atoms with Crippen LogP contribution in [-0.2, 0) is 14.8 Å². The lowest BCUT2D eigenvalue weighted by molar-refractivity contribution is 0.163. The molecule has 114 valence electrons. The summed E-state index contributed by atoms with van der Waals surface area (Å²) in [6, 6.07) is 16.2. The number of benzene rings is 2. The van der Waals surface area contributed by atoms with Crippen LogP contribution in [0, 0.1) is 0 Å². The average Bonchev–Trinajstić information content (AvgIpc) is 3.25. The van der Waals surface area contributed by atoms with Gasteiger partial charge < -0.3 is 9.47 Å². The van der Waals surface area contributed by atoms with Crippen LogP contribution in [0.4, 0.5) is 11.4 Å². The first-order chi connectivity index (χ1) is 10.5. The number of hydrogen-bond donors (Lipinski definition) is 0. The van der Waals surface area contributed by atoms with Crippen molar-refractivity contribution < 1.29 is 17.9 Å². The Morgan fingerprint density at radius 3 is 2.41 bits per heavy atom. The number of hydrogen-bond acceptors (Lipinski definition) is 4. The molecule has 1 fully saturated rings. The van der Waals surface area contributed by atoms with E-state index in [-0.39, 0.29) is 0 Å². The first kappa shape index (κ1) is 13.6. The van der Waals surface area contributed by atoms with Crippen LogP contribution in [0.15, 0.2) is 54.6 Å². The predicted molar refractivity (Wildman–Crippen MR) is 82.7 cm³/mol. The van der Waals surface area contributed by atoms with Crippen LogP contribution in [0.3, 0.4) is 0 Å². The Bertz CT molecular complexity index is 815. The molecule has 0 aromatic heterocycles. The SMILES string of the molecule is CC1(C2Oc3ccccc3N(c3ccccc3)S2(=O)=O)CO1. The molecule has 0 saturated carbocycles. The van der Waals surface area contributed by atoms with E-state index >= 15 is 0 Å². The van der Waals surface area contributed by atoms with Gasteiger partial charge in [0.15, 0.2) is 0 Å². The quantitative estimate of drug-likeness (QED) is 0.799. The van der Waals surface area contributed by atoms with Gasteiger partial charge in [-0.05, 0) is 31.2 Å². The number of para-hydroxylation sites is 3. The van der Waals surface area contributed by atoms with E-state index in [0.717, 1.165) is 0 Å². The number of ether oxygens (including phenoxy) is 2. The minimum atomic E-state index is -3.74. The van der Waals surface area contributed by atoms with Crippen molar-refractivity contribution in [2.45, 2.75) is 18.0 Å². The third-order valence-electron chi connectivity index (χ3n) is 3.93. The fourth-order valence-corrected chi connectivity index (χ4v) is 4.70. The number of nitrogens with zero attached hydrogens (tertiary/aromatic N) is 1. The Balaban J connectivity index is 1.93. The van der Waals surface area contributed by atoms with E-state index in [1.54, 1.807) is 37.3 Å². The average molecular weight is 317 g/mol. The highest BCUT2D eigenvalue weighted by Crippen LogP contribution is 2.47. The van der Waals surface area contributed by atoms with Crippen molar-refractivity contribution in [1.29, 1.82) is 0 Å². The number of anilines is 2. The molecule has 6 heteroatoms. The van der Waals surface area contributed by atoms with Gasteiger partial charge in [-0.3, -0.25) is 0 Å². The summed E-state index contributed by atoms with van der Waals surface area (Å²) in [6.07, 6.45) is 0. The van der Waals surface area contributed by atoms with Crippen LogP contribution in [0.1, 0.15) is 6.92 Å². The van der Waals surface area contributed by atoms with E-state index in [4.69, 9.17) is 9.47 Å². The number of sulfonamides is 1.